The second-order valence-corrected chi connectivity index (χ2v) is 7.89. The molecule has 1 amide bonds. The van der Waals surface area contributed by atoms with Crippen molar-refractivity contribution in [2.45, 2.75) is 39.7 Å². The number of nitrogens with one attached hydrogen (secondary N) is 1. The number of halogens is 1. The second-order valence-electron chi connectivity index (χ2n) is 6.95. The highest BCUT2D eigenvalue weighted by atomic mass is 127. The fourth-order valence-electron chi connectivity index (χ4n) is 2.54. The van der Waals surface area contributed by atoms with Crippen LogP contribution in [0, 0.1) is 0 Å². The van der Waals surface area contributed by atoms with Gasteiger partial charge in [0.15, 0.2) is 5.96 Å². The van der Waals surface area contributed by atoms with Crippen LogP contribution in [0.4, 0.5) is 4.79 Å². The quantitative estimate of drug-likeness (QED) is 0.397. The Morgan fingerprint density at radius 2 is 1.92 bits per heavy atom. The molecule has 0 aromatic carbocycles. The summed E-state index contributed by atoms with van der Waals surface area (Å²) in [6, 6.07) is 0. The van der Waals surface area contributed by atoms with Gasteiger partial charge >= 0.3 is 6.09 Å². The molecule has 9 heteroatoms. The molecule has 1 aromatic rings. The standard InChI is InChI=1S/C17H29N5O2S.HI/c1-6-24-16(23)22-9-7-21(8-10-22)15(18-5)19-11-14-20-13(12-25-14)17(2,3)4;/h12H,6-11H2,1-5H3,(H,18,19);1H. The van der Waals surface area contributed by atoms with Gasteiger partial charge in [0.2, 0.25) is 0 Å². The van der Waals surface area contributed by atoms with Gasteiger partial charge in [-0.1, -0.05) is 20.8 Å². The van der Waals surface area contributed by atoms with Gasteiger partial charge in [0.25, 0.3) is 0 Å². The number of thiazole rings is 1. The first kappa shape index (κ1) is 22.9. The first-order valence-corrected chi connectivity index (χ1v) is 9.55. The molecule has 0 radical (unpaired) electrons. The zero-order valence-electron chi connectivity index (χ0n) is 16.2. The Bertz CT molecular complexity index is 607. The number of rotatable bonds is 3. The molecule has 1 aliphatic rings. The van der Waals surface area contributed by atoms with Gasteiger partial charge in [-0.2, -0.15) is 0 Å². The van der Waals surface area contributed by atoms with Gasteiger partial charge in [0, 0.05) is 44.0 Å². The van der Waals surface area contributed by atoms with E-state index in [0.717, 1.165) is 29.8 Å². The van der Waals surface area contributed by atoms with Crippen LogP contribution in [0.2, 0.25) is 0 Å². The molecule has 2 rings (SSSR count). The summed E-state index contributed by atoms with van der Waals surface area (Å²) in [5.74, 6) is 0.844. The molecule has 26 heavy (non-hydrogen) atoms. The number of hydrogen-bond donors (Lipinski definition) is 1. The number of nitrogens with zero attached hydrogens (tertiary/aromatic N) is 4. The fraction of sp³-hybridized carbons (Fsp3) is 0.706. The fourth-order valence-corrected chi connectivity index (χ4v) is 3.50. The van der Waals surface area contributed by atoms with E-state index in [1.54, 1.807) is 23.3 Å². The number of carbonyl (C=O) groups excluding carboxylic acids is 1. The summed E-state index contributed by atoms with van der Waals surface area (Å²) in [7, 11) is 1.78. The zero-order chi connectivity index (χ0) is 18.4. The summed E-state index contributed by atoms with van der Waals surface area (Å²) in [5.41, 5.74) is 1.19. The van der Waals surface area contributed by atoms with E-state index < -0.39 is 0 Å². The molecule has 1 aromatic heterocycles. The van der Waals surface area contributed by atoms with Crippen molar-refractivity contribution in [3.8, 4) is 0 Å². The number of aromatic nitrogens is 1. The van der Waals surface area contributed by atoms with Crippen LogP contribution in [0.3, 0.4) is 0 Å². The highest BCUT2D eigenvalue weighted by molar-refractivity contribution is 14.0. The van der Waals surface area contributed by atoms with E-state index in [0.29, 0.717) is 26.2 Å². The van der Waals surface area contributed by atoms with Gasteiger partial charge in [-0.3, -0.25) is 4.99 Å². The normalized spacial score (nSPS) is 15.5. The van der Waals surface area contributed by atoms with E-state index in [-0.39, 0.29) is 35.5 Å². The summed E-state index contributed by atoms with van der Waals surface area (Å²) in [4.78, 5) is 24.7. The minimum atomic E-state index is -0.234. The monoisotopic (exact) mass is 495 g/mol. The van der Waals surface area contributed by atoms with Crippen molar-refractivity contribution in [2.24, 2.45) is 4.99 Å². The van der Waals surface area contributed by atoms with E-state index in [1.807, 2.05) is 6.92 Å². The molecule has 0 saturated carbocycles. The zero-order valence-corrected chi connectivity index (χ0v) is 19.4. The molecule has 0 unspecified atom stereocenters. The summed E-state index contributed by atoms with van der Waals surface area (Å²) in [6.45, 7) is 12.2. The smallest absolute Gasteiger partial charge is 0.409 e. The van der Waals surface area contributed by atoms with Crippen LogP contribution >= 0.6 is 35.3 Å². The van der Waals surface area contributed by atoms with Crippen LogP contribution in [0.15, 0.2) is 10.4 Å². The predicted molar refractivity (Wildman–Crippen MR) is 117 cm³/mol. The number of hydrogen-bond acceptors (Lipinski definition) is 5. The minimum Gasteiger partial charge on any atom is -0.450 e. The van der Waals surface area contributed by atoms with E-state index >= 15 is 0 Å². The van der Waals surface area contributed by atoms with Crippen LogP contribution in [0.5, 0.6) is 0 Å². The molecule has 0 aliphatic carbocycles. The molecule has 1 N–H and O–H groups in total. The van der Waals surface area contributed by atoms with E-state index in [1.165, 1.54) is 0 Å². The van der Waals surface area contributed by atoms with Gasteiger partial charge in [0.05, 0.1) is 18.8 Å². The Kier molecular flexibility index (Phi) is 9.08. The number of guanidine groups is 1. The average molecular weight is 495 g/mol. The molecule has 148 valence electrons. The third-order valence-corrected chi connectivity index (χ3v) is 4.88. The lowest BCUT2D eigenvalue weighted by atomic mass is 9.93. The Labute approximate surface area is 177 Å². The first-order valence-electron chi connectivity index (χ1n) is 8.67. The molecule has 2 heterocycles. The van der Waals surface area contributed by atoms with Crippen molar-refractivity contribution >= 4 is 47.4 Å². The Morgan fingerprint density at radius 3 is 2.42 bits per heavy atom. The molecule has 7 nitrogen and oxygen atoms in total. The van der Waals surface area contributed by atoms with E-state index in [4.69, 9.17) is 9.72 Å². The number of ether oxygens (including phenoxy) is 1. The van der Waals surface area contributed by atoms with Crippen molar-refractivity contribution in [1.29, 1.82) is 0 Å². The second kappa shape index (κ2) is 10.3. The minimum absolute atomic E-state index is 0. The van der Waals surface area contributed by atoms with Gasteiger partial charge in [0.1, 0.15) is 5.01 Å². The maximum atomic E-state index is 11.8. The van der Waals surface area contributed by atoms with Crippen molar-refractivity contribution in [2.75, 3.05) is 39.8 Å². The first-order chi connectivity index (χ1) is 11.8. The maximum absolute atomic E-state index is 11.8. The third-order valence-electron chi connectivity index (χ3n) is 4.03. The lowest BCUT2D eigenvalue weighted by Crippen LogP contribution is -2.53. The predicted octanol–water partition coefficient (Wildman–Crippen LogP) is 2.91. The topological polar surface area (TPSA) is 70.1 Å². The maximum Gasteiger partial charge on any atom is 0.409 e. The van der Waals surface area contributed by atoms with Crippen LogP contribution in [-0.2, 0) is 16.7 Å². The Morgan fingerprint density at radius 1 is 1.31 bits per heavy atom. The van der Waals surface area contributed by atoms with Crippen molar-refractivity contribution in [1.82, 2.24) is 20.1 Å². The molecule has 1 saturated heterocycles. The van der Waals surface area contributed by atoms with Crippen LogP contribution in [-0.4, -0.2) is 66.7 Å². The lowest BCUT2D eigenvalue weighted by Gasteiger charge is -2.35. The molecule has 0 atom stereocenters. The third kappa shape index (κ3) is 6.26. The summed E-state index contributed by atoms with van der Waals surface area (Å²) in [6.07, 6.45) is -0.234. The SMILES string of the molecule is CCOC(=O)N1CCN(C(=NC)NCc2nc(C(C)(C)C)cs2)CC1.I. The largest absolute Gasteiger partial charge is 0.450 e. The summed E-state index contributed by atoms with van der Waals surface area (Å²) >= 11 is 1.67. The van der Waals surface area contributed by atoms with Crippen molar-refractivity contribution in [3.63, 3.8) is 0 Å². The molecule has 1 aliphatic heterocycles. The average Bonchev–Trinajstić information content (AvgIpc) is 3.05. The van der Waals surface area contributed by atoms with Crippen molar-refractivity contribution in [3.05, 3.63) is 16.1 Å². The summed E-state index contributed by atoms with van der Waals surface area (Å²) < 4.78 is 5.05. The van der Waals surface area contributed by atoms with E-state index in [2.05, 4.69) is 41.4 Å². The van der Waals surface area contributed by atoms with Gasteiger partial charge in [-0.15, -0.1) is 35.3 Å². The molecule has 0 bridgehead atoms. The Balaban J connectivity index is 0.00000338. The van der Waals surface area contributed by atoms with Gasteiger partial charge in [-0.05, 0) is 6.92 Å². The highest BCUT2D eigenvalue weighted by Crippen LogP contribution is 2.23. The van der Waals surface area contributed by atoms with Crippen LogP contribution in [0.1, 0.15) is 38.4 Å². The number of carbonyl (C=O) groups is 1. The van der Waals surface area contributed by atoms with Gasteiger partial charge < -0.3 is 19.9 Å². The number of amides is 1. The van der Waals surface area contributed by atoms with Crippen LogP contribution in [0.25, 0.3) is 0 Å². The van der Waals surface area contributed by atoms with Crippen LogP contribution < -0.4 is 5.32 Å². The van der Waals surface area contributed by atoms with Gasteiger partial charge in [-0.25, -0.2) is 9.78 Å². The number of piperazine rings is 1. The molecular weight excluding hydrogens is 465 g/mol. The molecule has 0 spiro atoms. The highest BCUT2D eigenvalue weighted by Gasteiger charge is 2.24. The summed E-state index contributed by atoms with van der Waals surface area (Å²) in [5, 5.41) is 6.55. The number of aliphatic imine (C=N–C) groups is 1. The molecule has 1 fully saturated rings. The van der Waals surface area contributed by atoms with E-state index in [9.17, 15) is 4.79 Å². The van der Waals surface area contributed by atoms with Crippen molar-refractivity contribution < 1.29 is 9.53 Å². The molecular formula is C17H30IN5O2S. The Hall–Kier alpha value is -1.10. The lowest BCUT2D eigenvalue weighted by molar-refractivity contribution is 0.0914.